The number of nitrogens with one attached hydrogen (secondary N) is 1. The molecule has 0 saturated heterocycles. The van der Waals surface area contributed by atoms with Gasteiger partial charge in [-0.15, -0.1) is 0 Å². The lowest BCUT2D eigenvalue weighted by Crippen LogP contribution is -2.33. The van der Waals surface area contributed by atoms with Gasteiger partial charge in [0.1, 0.15) is 11.5 Å². The third-order valence-electron chi connectivity index (χ3n) is 4.48. The molecule has 0 bridgehead atoms. The molecule has 8 nitrogen and oxygen atoms in total. The van der Waals surface area contributed by atoms with Gasteiger partial charge in [0.2, 0.25) is 5.12 Å². The van der Waals surface area contributed by atoms with E-state index in [4.69, 9.17) is 9.05 Å². The highest BCUT2D eigenvalue weighted by molar-refractivity contribution is 8.14. The van der Waals surface area contributed by atoms with Crippen LogP contribution in [0.3, 0.4) is 0 Å². The predicted octanol–water partition coefficient (Wildman–Crippen LogP) is 5.68. The van der Waals surface area contributed by atoms with Crippen molar-refractivity contribution in [2.75, 3.05) is 0 Å². The van der Waals surface area contributed by atoms with Crippen molar-refractivity contribution in [3.63, 3.8) is 0 Å². The van der Waals surface area contributed by atoms with Crippen molar-refractivity contribution in [1.82, 2.24) is 5.09 Å². The Labute approximate surface area is 185 Å². The Morgan fingerprint density at radius 2 is 1.58 bits per heavy atom. The maximum absolute atomic E-state index is 13.6. The average Bonchev–Trinajstić information content (AvgIpc) is 3.53. The van der Waals surface area contributed by atoms with Crippen LogP contribution in [0.5, 0.6) is 11.5 Å². The second-order valence-corrected chi connectivity index (χ2v) is 10.8. The summed E-state index contributed by atoms with van der Waals surface area (Å²) in [6.07, 6.45) is 2.33. The smallest absolute Gasteiger partial charge is 0.405 e. The molecule has 0 radical (unpaired) electrons. The molecular formula is C21H25N2O6PS. The predicted molar refractivity (Wildman–Crippen MR) is 121 cm³/mol. The summed E-state index contributed by atoms with van der Waals surface area (Å²) in [6, 6.07) is 11.6. The summed E-state index contributed by atoms with van der Waals surface area (Å²) in [5, 5.41) is 13.4. The molecular weight excluding hydrogens is 439 g/mol. The van der Waals surface area contributed by atoms with Gasteiger partial charge in [0.15, 0.2) is 0 Å². The van der Waals surface area contributed by atoms with Gasteiger partial charge in [0, 0.05) is 17.4 Å². The Morgan fingerprint density at radius 1 is 1.06 bits per heavy atom. The molecule has 0 aliphatic heterocycles. The van der Waals surface area contributed by atoms with Crippen molar-refractivity contribution in [2.24, 2.45) is 0 Å². The quantitative estimate of drug-likeness (QED) is 0.272. The van der Waals surface area contributed by atoms with Gasteiger partial charge in [0.25, 0.3) is 5.69 Å². The Balaban J connectivity index is 1.79. The Kier molecular flexibility index (Phi) is 7.41. The average molecular weight is 464 g/mol. The van der Waals surface area contributed by atoms with E-state index in [1.165, 1.54) is 29.8 Å². The van der Waals surface area contributed by atoms with Crippen LogP contribution in [0.25, 0.3) is 0 Å². The third kappa shape index (κ3) is 6.82. The number of thioether (sulfide) groups is 1. The molecule has 0 amide bonds. The Bertz CT molecular complexity index is 976. The first kappa shape index (κ1) is 23.3. The number of nitro groups is 1. The number of carbonyl (C=O) groups excluding carboxylic acids is 1. The van der Waals surface area contributed by atoms with Crippen molar-refractivity contribution in [3.05, 3.63) is 64.2 Å². The summed E-state index contributed by atoms with van der Waals surface area (Å²) in [6.45, 7) is 5.36. The summed E-state index contributed by atoms with van der Waals surface area (Å²) < 4.78 is 24.8. The SMILES string of the molecule is CC(C)SC(=O)[C@H](C)NP(=O)(Oc1ccc(C2CC2)cc1)Oc1ccc([N+](=O)[O-])cc1. The lowest BCUT2D eigenvalue weighted by molar-refractivity contribution is -0.384. The van der Waals surface area contributed by atoms with E-state index in [-0.39, 0.29) is 21.8 Å². The molecule has 1 aliphatic carbocycles. The summed E-state index contributed by atoms with van der Waals surface area (Å²) in [4.78, 5) is 22.7. The first-order chi connectivity index (χ1) is 14.6. The minimum atomic E-state index is -4.03. The monoisotopic (exact) mass is 464 g/mol. The molecule has 1 N–H and O–H groups in total. The molecule has 1 aliphatic rings. The fourth-order valence-corrected chi connectivity index (χ4v) is 5.17. The summed E-state index contributed by atoms with van der Waals surface area (Å²) in [5.74, 6) is 1.02. The molecule has 2 aromatic rings. The molecule has 1 unspecified atom stereocenters. The topological polar surface area (TPSA) is 108 Å². The van der Waals surface area contributed by atoms with E-state index >= 15 is 0 Å². The zero-order valence-electron chi connectivity index (χ0n) is 17.5. The van der Waals surface area contributed by atoms with E-state index in [9.17, 15) is 19.5 Å². The van der Waals surface area contributed by atoms with Crippen molar-refractivity contribution in [3.8, 4) is 11.5 Å². The molecule has 31 heavy (non-hydrogen) atoms. The van der Waals surface area contributed by atoms with E-state index in [0.717, 1.165) is 24.6 Å². The highest BCUT2D eigenvalue weighted by Crippen LogP contribution is 2.47. The molecule has 0 aromatic heterocycles. The standard InChI is InChI=1S/C21H25N2O6PS/c1-14(2)31-21(24)15(3)22-30(27,29-20-12-8-18(9-13-20)23(25)26)28-19-10-6-17(7-11-19)16-4-5-16/h6-16H,4-5H2,1-3H3,(H,22,27)/t15-,30?/m0/s1. The maximum atomic E-state index is 13.6. The van der Waals surface area contributed by atoms with Gasteiger partial charge in [-0.25, -0.2) is 4.57 Å². The summed E-state index contributed by atoms with van der Waals surface area (Å²) in [5.41, 5.74) is 1.08. The van der Waals surface area contributed by atoms with Crippen molar-refractivity contribution < 1.29 is 23.3 Å². The van der Waals surface area contributed by atoms with Gasteiger partial charge in [-0.3, -0.25) is 14.9 Å². The molecule has 166 valence electrons. The minimum Gasteiger partial charge on any atom is -0.405 e. The number of carbonyl (C=O) groups is 1. The van der Waals surface area contributed by atoms with E-state index in [2.05, 4.69) is 5.09 Å². The largest absolute Gasteiger partial charge is 0.513 e. The molecule has 1 saturated carbocycles. The molecule has 1 fully saturated rings. The number of nitro benzene ring substituents is 1. The first-order valence-corrected chi connectivity index (χ1v) is 12.4. The van der Waals surface area contributed by atoms with E-state index < -0.39 is 18.7 Å². The number of hydrogen-bond acceptors (Lipinski definition) is 7. The summed E-state index contributed by atoms with van der Waals surface area (Å²) >= 11 is 1.12. The van der Waals surface area contributed by atoms with Crippen molar-refractivity contribution >= 4 is 30.3 Å². The van der Waals surface area contributed by atoms with Crippen LogP contribution in [0.4, 0.5) is 5.69 Å². The van der Waals surface area contributed by atoms with Gasteiger partial charge in [-0.2, -0.15) is 5.09 Å². The molecule has 0 spiro atoms. The Hall–Kier alpha value is -2.35. The molecule has 2 aromatic carbocycles. The van der Waals surface area contributed by atoms with E-state index in [1.54, 1.807) is 19.1 Å². The normalized spacial score (nSPS) is 16.4. The fourth-order valence-electron chi connectivity index (χ4n) is 2.82. The van der Waals surface area contributed by atoms with Crippen LogP contribution >= 0.6 is 19.5 Å². The van der Waals surface area contributed by atoms with Crippen LogP contribution in [0.2, 0.25) is 0 Å². The van der Waals surface area contributed by atoms with Crippen LogP contribution in [0, 0.1) is 10.1 Å². The van der Waals surface area contributed by atoms with Crippen molar-refractivity contribution in [1.29, 1.82) is 0 Å². The Morgan fingerprint density at radius 3 is 2.03 bits per heavy atom. The second kappa shape index (κ2) is 9.85. The van der Waals surface area contributed by atoms with Gasteiger partial charge >= 0.3 is 7.75 Å². The van der Waals surface area contributed by atoms with Crippen LogP contribution in [0.1, 0.15) is 45.1 Å². The molecule has 3 rings (SSSR count). The lowest BCUT2D eigenvalue weighted by atomic mass is 10.1. The van der Waals surface area contributed by atoms with Crippen LogP contribution in [-0.4, -0.2) is 21.3 Å². The van der Waals surface area contributed by atoms with Crippen LogP contribution in [0.15, 0.2) is 48.5 Å². The highest BCUT2D eigenvalue weighted by atomic mass is 32.2. The van der Waals surface area contributed by atoms with Crippen LogP contribution in [-0.2, 0) is 9.36 Å². The lowest BCUT2D eigenvalue weighted by Gasteiger charge is -2.23. The molecule has 10 heteroatoms. The number of rotatable bonds is 10. The van der Waals surface area contributed by atoms with E-state index in [0.29, 0.717) is 11.7 Å². The van der Waals surface area contributed by atoms with Crippen molar-refractivity contribution in [2.45, 2.75) is 50.8 Å². The first-order valence-electron chi connectivity index (χ1n) is 9.97. The molecule has 0 heterocycles. The highest BCUT2D eigenvalue weighted by Gasteiger charge is 2.34. The van der Waals surface area contributed by atoms with E-state index in [1.807, 2.05) is 26.0 Å². The number of benzene rings is 2. The fraction of sp³-hybridized carbons (Fsp3) is 0.381. The number of hydrogen-bond donors (Lipinski definition) is 1. The zero-order valence-corrected chi connectivity index (χ0v) is 19.2. The number of nitrogens with zero attached hydrogens (tertiary/aromatic N) is 1. The molecule has 2 atom stereocenters. The second-order valence-electron chi connectivity index (χ2n) is 7.61. The minimum absolute atomic E-state index is 0.0719. The third-order valence-corrected chi connectivity index (χ3v) is 7.15. The van der Waals surface area contributed by atoms with Gasteiger partial charge in [-0.05, 0) is 55.5 Å². The summed E-state index contributed by atoms with van der Waals surface area (Å²) in [7, 11) is -4.03. The van der Waals surface area contributed by atoms with Gasteiger partial charge in [0.05, 0.1) is 11.0 Å². The van der Waals surface area contributed by atoms with Crippen LogP contribution < -0.4 is 14.1 Å². The maximum Gasteiger partial charge on any atom is 0.513 e. The number of non-ortho nitro benzene ring substituents is 1. The van der Waals surface area contributed by atoms with Gasteiger partial charge in [-0.1, -0.05) is 37.7 Å². The zero-order chi connectivity index (χ0) is 22.6. The van der Waals surface area contributed by atoms with Gasteiger partial charge < -0.3 is 9.05 Å².